The zero-order chi connectivity index (χ0) is 19.4. The standard InChI is InChI=1S/C21H20N2O4/c1-13(23-14(2)24)15-7-9-16(10-8-15)20(25)12-27-21(26)18-11-22-19-6-4-3-5-17(18)19/h3-11,13,22H,12H2,1-2H3,(H,23,24)/t13-/m0/s1. The molecule has 0 bridgehead atoms. The quantitative estimate of drug-likeness (QED) is 0.518. The molecule has 0 saturated carbocycles. The van der Waals surface area contributed by atoms with E-state index < -0.39 is 5.97 Å². The zero-order valence-corrected chi connectivity index (χ0v) is 15.1. The SMILES string of the molecule is CC(=O)N[C@@H](C)c1ccc(C(=O)COC(=O)c2c[nH]c3ccccc23)cc1. The van der Waals surface area contributed by atoms with Crippen LogP contribution in [0.2, 0.25) is 0 Å². The molecule has 6 nitrogen and oxygen atoms in total. The Morgan fingerprint density at radius 3 is 2.48 bits per heavy atom. The molecule has 3 aromatic rings. The van der Waals surface area contributed by atoms with Crippen LogP contribution in [-0.4, -0.2) is 29.3 Å². The van der Waals surface area contributed by atoms with Gasteiger partial charge >= 0.3 is 5.97 Å². The molecule has 0 saturated heterocycles. The van der Waals surface area contributed by atoms with Gasteiger partial charge in [-0.25, -0.2) is 4.79 Å². The highest BCUT2D eigenvalue weighted by molar-refractivity contribution is 6.05. The van der Waals surface area contributed by atoms with Crippen molar-refractivity contribution in [2.45, 2.75) is 19.9 Å². The summed E-state index contributed by atoms with van der Waals surface area (Å²) in [6.07, 6.45) is 1.58. The number of rotatable bonds is 6. The van der Waals surface area contributed by atoms with Gasteiger partial charge in [0.2, 0.25) is 5.91 Å². The first-order valence-electron chi connectivity index (χ1n) is 8.59. The number of benzene rings is 2. The van der Waals surface area contributed by atoms with Crippen LogP contribution in [0.4, 0.5) is 0 Å². The number of Topliss-reactive ketones (excluding diaryl/α,β-unsaturated/α-hetero) is 1. The molecule has 0 radical (unpaired) electrons. The molecule has 1 aromatic heterocycles. The molecule has 0 spiro atoms. The number of aromatic amines is 1. The van der Waals surface area contributed by atoms with E-state index in [4.69, 9.17) is 4.74 Å². The average Bonchev–Trinajstić information content (AvgIpc) is 3.09. The minimum Gasteiger partial charge on any atom is -0.454 e. The van der Waals surface area contributed by atoms with Gasteiger partial charge < -0.3 is 15.0 Å². The largest absolute Gasteiger partial charge is 0.454 e. The second-order valence-corrected chi connectivity index (χ2v) is 6.29. The minimum atomic E-state index is -0.545. The molecule has 0 aliphatic carbocycles. The molecule has 0 aliphatic heterocycles. The summed E-state index contributed by atoms with van der Waals surface area (Å²) in [4.78, 5) is 38.7. The summed E-state index contributed by atoms with van der Waals surface area (Å²) >= 11 is 0. The molecule has 3 rings (SSSR count). The Kier molecular flexibility index (Phi) is 5.35. The van der Waals surface area contributed by atoms with Gasteiger partial charge in [-0.15, -0.1) is 0 Å². The van der Waals surface area contributed by atoms with Crippen molar-refractivity contribution in [2.75, 3.05) is 6.61 Å². The van der Waals surface area contributed by atoms with Gasteiger partial charge in [0.15, 0.2) is 12.4 Å². The van der Waals surface area contributed by atoms with E-state index in [0.29, 0.717) is 11.1 Å². The second kappa shape index (κ2) is 7.86. The average molecular weight is 364 g/mol. The number of ether oxygens (including phenoxy) is 1. The summed E-state index contributed by atoms with van der Waals surface area (Å²) < 4.78 is 5.18. The third-order valence-corrected chi connectivity index (χ3v) is 4.30. The number of esters is 1. The Hall–Kier alpha value is -3.41. The third kappa shape index (κ3) is 4.23. The maximum absolute atomic E-state index is 12.3. The predicted octanol–water partition coefficient (Wildman–Crippen LogP) is 3.40. The Bertz CT molecular complexity index is 989. The summed E-state index contributed by atoms with van der Waals surface area (Å²) in [5, 5.41) is 3.54. The monoisotopic (exact) mass is 364 g/mol. The van der Waals surface area contributed by atoms with Crippen molar-refractivity contribution in [3.63, 3.8) is 0 Å². The smallest absolute Gasteiger partial charge is 0.340 e. The van der Waals surface area contributed by atoms with E-state index >= 15 is 0 Å². The Morgan fingerprint density at radius 1 is 1.07 bits per heavy atom. The highest BCUT2D eigenvalue weighted by atomic mass is 16.5. The lowest BCUT2D eigenvalue weighted by Gasteiger charge is -2.13. The van der Waals surface area contributed by atoms with Crippen molar-refractivity contribution in [2.24, 2.45) is 0 Å². The molecule has 0 fully saturated rings. The molecule has 138 valence electrons. The zero-order valence-electron chi connectivity index (χ0n) is 15.1. The van der Waals surface area contributed by atoms with Crippen LogP contribution in [-0.2, 0) is 9.53 Å². The molecule has 0 aliphatic rings. The van der Waals surface area contributed by atoms with Gasteiger partial charge in [-0.1, -0.05) is 42.5 Å². The lowest BCUT2D eigenvalue weighted by molar-refractivity contribution is -0.119. The number of hydrogen-bond donors (Lipinski definition) is 2. The van der Waals surface area contributed by atoms with Gasteiger partial charge in [0.25, 0.3) is 0 Å². The van der Waals surface area contributed by atoms with Crippen LogP contribution in [0.15, 0.2) is 54.7 Å². The number of fused-ring (bicyclic) bond motifs is 1. The van der Waals surface area contributed by atoms with Crippen molar-refractivity contribution in [3.05, 3.63) is 71.4 Å². The van der Waals surface area contributed by atoms with Gasteiger partial charge in [-0.2, -0.15) is 0 Å². The van der Waals surface area contributed by atoms with Crippen molar-refractivity contribution >= 4 is 28.6 Å². The van der Waals surface area contributed by atoms with Gasteiger partial charge in [0.05, 0.1) is 11.6 Å². The van der Waals surface area contributed by atoms with Crippen LogP contribution in [0.3, 0.4) is 0 Å². The van der Waals surface area contributed by atoms with E-state index in [0.717, 1.165) is 16.5 Å². The molecule has 2 N–H and O–H groups in total. The van der Waals surface area contributed by atoms with E-state index in [-0.39, 0.29) is 24.3 Å². The summed E-state index contributed by atoms with van der Waals surface area (Å²) in [7, 11) is 0. The van der Waals surface area contributed by atoms with Crippen LogP contribution in [0.25, 0.3) is 10.9 Å². The van der Waals surface area contributed by atoms with Crippen LogP contribution < -0.4 is 5.32 Å². The molecular formula is C21H20N2O4. The number of ketones is 1. The Balaban J connectivity index is 1.62. The maximum Gasteiger partial charge on any atom is 0.340 e. The first kappa shape index (κ1) is 18.4. The van der Waals surface area contributed by atoms with Crippen LogP contribution in [0, 0.1) is 0 Å². The summed E-state index contributed by atoms with van der Waals surface area (Å²) in [5.74, 6) is -0.953. The van der Waals surface area contributed by atoms with E-state index in [1.165, 1.54) is 6.92 Å². The van der Waals surface area contributed by atoms with Gasteiger partial charge in [-0.05, 0) is 18.6 Å². The number of nitrogens with one attached hydrogen (secondary N) is 2. The van der Waals surface area contributed by atoms with Crippen molar-refractivity contribution in [1.29, 1.82) is 0 Å². The van der Waals surface area contributed by atoms with Crippen molar-refractivity contribution in [3.8, 4) is 0 Å². The van der Waals surface area contributed by atoms with E-state index in [1.807, 2.05) is 31.2 Å². The van der Waals surface area contributed by atoms with Gasteiger partial charge in [0, 0.05) is 29.6 Å². The van der Waals surface area contributed by atoms with E-state index in [9.17, 15) is 14.4 Å². The number of aromatic nitrogens is 1. The molecule has 2 aromatic carbocycles. The first-order chi connectivity index (χ1) is 13.0. The molecule has 1 amide bonds. The maximum atomic E-state index is 12.3. The first-order valence-corrected chi connectivity index (χ1v) is 8.59. The fraction of sp³-hybridized carbons (Fsp3) is 0.190. The molecular weight excluding hydrogens is 344 g/mol. The number of amides is 1. The van der Waals surface area contributed by atoms with Crippen LogP contribution in [0.1, 0.15) is 46.2 Å². The van der Waals surface area contributed by atoms with E-state index in [2.05, 4.69) is 10.3 Å². The molecule has 6 heteroatoms. The number of H-pyrrole nitrogens is 1. The Labute approximate surface area is 156 Å². The molecule has 27 heavy (non-hydrogen) atoms. The fourth-order valence-electron chi connectivity index (χ4n) is 2.88. The molecule has 0 unspecified atom stereocenters. The lowest BCUT2D eigenvalue weighted by Crippen LogP contribution is -2.23. The third-order valence-electron chi connectivity index (χ3n) is 4.30. The fourth-order valence-corrected chi connectivity index (χ4v) is 2.88. The highest BCUT2D eigenvalue weighted by Gasteiger charge is 2.16. The van der Waals surface area contributed by atoms with Crippen molar-refractivity contribution < 1.29 is 19.1 Å². The summed E-state index contributed by atoms with van der Waals surface area (Å²) in [5.41, 5.74) is 2.57. The lowest BCUT2D eigenvalue weighted by atomic mass is 10.0. The number of carbonyl (C=O) groups is 3. The Morgan fingerprint density at radius 2 is 1.78 bits per heavy atom. The second-order valence-electron chi connectivity index (χ2n) is 6.29. The normalized spacial score (nSPS) is 11.8. The summed E-state index contributed by atoms with van der Waals surface area (Å²) in [6.45, 7) is 2.98. The summed E-state index contributed by atoms with van der Waals surface area (Å²) in [6, 6.07) is 14.1. The predicted molar refractivity (Wildman–Crippen MR) is 102 cm³/mol. The van der Waals surface area contributed by atoms with Gasteiger partial charge in [-0.3, -0.25) is 9.59 Å². The topological polar surface area (TPSA) is 88.3 Å². The van der Waals surface area contributed by atoms with Crippen LogP contribution >= 0.6 is 0 Å². The van der Waals surface area contributed by atoms with E-state index in [1.54, 1.807) is 30.5 Å². The number of para-hydroxylation sites is 1. The number of carbonyl (C=O) groups excluding carboxylic acids is 3. The highest BCUT2D eigenvalue weighted by Crippen LogP contribution is 2.19. The molecule has 1 atom stereocenters. The van der Waals surface area contributed by atoms with Crippen molar-refractivity contribution in [1.82, 2.24) is 10.3 Å². The molecule has 1 heterocycles. The van der Waals surface area contributed by atoms with Crippen LogP contribution in [0.5, 0.6) is 0 Å². The van der Waals surface area contributed by atoms with Gasteiger partial charge in [0.1, 0.15) is 0 Å². The minimum absolute atomic E-state index is 0.119. The number of hydrogen-bond acceptors (Lipinski definition) is 4.